The SMILES string of the molecule is COc1ccccc1NS(=O)(=O)c1cc(C(=O)N2CCC(NC(C)=O)CC2)ccc1Cl. The van der Waals surface area contributed by atoms with Gasteiger partial charge in [0, 0.05) is 31.6 Å². The summed E-state index contributed by atoms with van der Waals surface area (Å²) in [7, 11) is -2.63. The van der Waals surface area contributed by atoms with Gasteiger partial charge < -0.3 is 15.0 Å². The second-order valence-electron chi connectivity index (χ2n) is 7.22. The quantitative estimate of drug-likeness (QED) is 0.682. The van der Waals surface area contributed by atoms with Gasteiger partial charge in [-0.05, 0) is 43.2 Å². The van der Waals surface area contributed by atoms with Gasteiger partial charge in [0.2, 0.25) is 5.91 Å². The van der Waals surface area contributed by atoms with Gasteiger partial charge >= 0.3 is 0 Å². The van der Waals surface area contributed by atoms with Gasteiger partial charge in [-0.1, -0.05) is 23.7 Å². The summed E-state index contributed by atoms with van der Waals surface area (Å²) in [5, 5.41) is 2.86. The molecule has 2 aromatic carbocycles. The van der Waals surface area contributed by atoms with Gasteiger partial charge in [0.15, 0.2) is 0 Å². The first-order valence-electron chi connectivity index (χ1n) is 9.73. The van der Waals surface area contributed by atoms with E-state index in [0.717, 1.165) is 0 Å². The van der Waals surface area contributed by atoms with Crippen molar-refractivity contribution in [1.82, 2.24) is 10.2 Å². The minimum Gasteiger partial charge on any atom is -0.495 e. The van der Waals surface area contributed by atoms with Crippen LogP contribution in [-0.4, -0.2) is 51.4 Å². The predicted molar refractivity (Wildman–Crippen MR) is 118 cm³/mol. The molecule has 8 nitrogen and oxygen atoms in total. The van der Waals surface area contributed by atoms with E-state index in [9.17, 15) is 18.0 Å². The van der Waals surface area contributed by atoms with Crippen LogP contribution in [0.25, 0.3) is 0 Å². The number of carbonyl (C=O) groups is 2. The lowest BCUT2D eigenvalue weighted by molar-refractivity contribution is -0.119. The van der Waals surface area contributed by atoms with E-state index < -0.39 is 10.0 Å². The normalized spacial score (nSPS) is 14.7. The van der Waals surface area contributed by atoms with E-state index in [4.69, 9.17) is 16.3 Å². The van der Waals surface area contributed by atoms with E-state index in [0.29, 0.717) is 31.7 Å². The molecule has 0 unspecified atom stereocenters. The van der Waals surface area contributed by atoms with E-state index in [-0.39, 0.29) is 39.0 Å². The number of benzene rings is 2. The van der Waals surface area contributed by atoms with Crippen LogP contribution >= 0.6 is 11.6 Å². The third-order valence-corrected chi connectivity index (χ3v) is 6.86. The number of para-hydroxylation sites is 2. The molecule has 2 amide bonds. The largest absolute Gasteiger partial charge is 0.495 e. The molecule has 0 spiro atoms. The Bertz CT molecular complexity index is 1080. The standard InChI is InChI=1S/C21H24ClN3O5S/c1-14(26)23-16-9-11-25(12-10-16)21(27)15-7-8-17(22)20(13-15)31(28,29)24-18-5-3-4-6-19(18)30-2/h3-8,13,16,24H,9-12H2,1-2H3,(H,23,26). The Balaban J connectivity index is 1.80. The fourth-order valence-corrected chi connectivity index (χ4v) is 5.07. The molecule has 0 atom stereocenters. The van der Waals surface area contributed by atoms with E-state index in [1.54, 1.807) is 29.2 Å². The molecular weight excluding hydrogens is 442 g/mol. The van der Waals surface area contributed by atoms with Crippen LogP contribution in [0.1, 0.15) is 30.1 Å². The molecule has 166 valence electrons. The van der Waals surface area contributed by atoms with Crippen molar-refractivity contribution in [2.24, 2.45) is 0 Å². The first-order chi connectivity index (χ1) is 14.7. The van der Waals surface area contributed by atoms with Crippen molar-refractivity contribution in [3.63, 3.8) is 0 Å². The summed E-state index contributed by atoms with van der Waals surface area (Å²) in [5.74, 6) is -0.0250. The minimum atomic E-state index is -4.07. The summed E-state index contributed by atoms with van der Waals surface area (Å²) in [6.45, 7) is 2.40. The Labute approximate surface area is 186 Å². The average Bonchev–Trinajstić information content (AvgIpc) is 2.73. The van der Waals surface area contributed by atoms with Crippen molar-refractivity contribution in [2.45, 2.75) is 30.7 Å². The number of halogens is 1. The average molecular weight is 466 g/mol. The summed E-state index contributed by atoms with van der Waals surface area (Å²) < 4.78 is 33.6. The Morgan fingerprint density at radius 1 is 1.13 bits per heavy atom. The number of nitrogens with one attached hydrogen (secondary N) is 2. The summed E-state index contributed by atoms with van der Waals surface area (Å²) in [6.07, 6.45) is 1.28. The second kappa shape index (κ2) is 9.57. The summed E-state index contributed by atoms with van der Waals surface area (Å²) in [4.78, 5) is 25.6. The lowest BCUT2D eigenvalue weighted by Crippen LogP contribution is -2.46. The number of methoxy groups -OCH3 is 1. The molecule has 0 bridgehead atoms. The van der Waals surface area contributed by atoms with Gasteiger partial charge in [0.1, 0.15) is 10.6 Å². The van der Waals surface area contributed by atoms with E-state index in [1.807, 2.05) is 0 Å². The van der Waals surface area contributed by atoms with E-state index in [2.05, 4.69) is 10.0 Å². The van der Waals surface area contributed by atoms with Gasteiger partial charge in [0.25, 0.3) is 15.9 Å². The molecule has 1 fully saturated rings. The molecule has 0 aliphatic carbocycles. The smallest absolute Gasteiger partial charge is 0.263 e. The molecule has 2 aromatic rings. The van der Waals surface area contributed by atoms with Gasteiger partial charge in [-0.3, -0.25) is 14.3 Å². The Hall–Kier alpha value is -2.78. The monoisotopic (exact) mass is 465 g/mol. The number of ether oxygens (including phenoxy) is 1. The van der Waals surface area contributed by atoms with Crippen molar-refractivity contribution in [3.05, 3.63) is 53.1 Å². The van der Waals surface area contributed by atoms with Gasteiger partial charge in [0.05, 0.1) is 17.8 Å². The Morgan fingerprint density at radius 3 is 2.45 bits per heavy atom. The van der Waals surface area contributed by atoms with Crippen molar-refractivity contribution in [3.8, 4) is 5.75 Å². The topological polar surface area (TPSA) is 105 Å². The van der Waals surface area contributed by atoms with Crippen LogP contribution in [-0.2, 0) is 14.8 Å². The number of anilines is 1. The zero-order chi connectivity index (χ0) is 22.6. The number of nitrogens with zero attached hydrogens (tertiary/aromatic N) is 1. The Kier molecular flexibility index (Phi) is 7.07. The molecule has 1 aliphatic rings. The number of carbonyl (C=O) groups excluding carboxylic acids is 2. The molecule has 1 heterocycles. The highest BCUT2D eigenvalue weighted by molar-refractivity contribution is 7.92. The van der Waals surface area contributed by atoms with Crippen LogP contribution in [0.4, 0.5) is 5.69 Å². The Morgan fingerprint density at radius 2 is 1.81 bits per heavy atom. The van der Waals surface area contributed by atoms with Crippen molar-refractivity contribution >= 4 is 39.1 Å². The molecule has 1 aliphatic heterocycles. The zero-order valence-electron chi connectivity index (χ0n) is 17.2. The number of rotatable bonds is 6. The van der Waals surface area contributed by atoms with Gasteiger partial charge in [-0.15, -0.1) is 0 Å². The van der Waals surface area contributed by atoms with Gasteiger partial charge in [-0.2, -0.15) is 0 Å². The molecule has 2 N–H and O–H groups in total. The molecule has 0 radical (unpaired) electrons. The first kappa shape index (κ1) is 22.9. The molecule has 0 saturated carbocycles. The van der Waals surface area contributed by atoms with Gasteiger partial charge in [-0.25, -0.2) is 8.42 Å². The number of sulfonamides is 1. The molecule has 3 rings (SSSR count). The van der Waals surface area contributed by atoms with Crippen LogP contribution in [0.3, 0.4) is 0 Å². The highest BCUT2D eigenvalue weighted by Crippen LogP contribution is 2.30. The maximum atomic E-state index is 13.0. The fraction of sp³-hybridized carbons (Fsp3) is 0.333. The third-order valence-electron chi connectivity index (χ3n) is 5.01. The zero-order valence-corrected chi connectivity index (χ0v) is 18.8. The highest BCUT2D eigenvalue weighted by Gasteiger charge is 2.26. The lowest BCUT2D eigenvalue weighted by atomic mass is 10.0. The van der Waals surface area contributed by atoms with Crippen molar-refractivity contribution in [2.75, 3.05) is 24.9 Å². The van der Waals surface area contributed by atoms with Crippen LogP contribution < -0.4 is 14.8 Å². The highest BCUT2D eigenvalue weighted by atomic mass is 35.5. The van der Waals surface area contributed by atoms with E-state index in [1.165, 1.54) is 32.2 Å². The maximum Gasteiger partial charge on any atom is 0.263 e. The lowest BCUT2D eigenvalue weighted by Gasteiger charge is -2.32. The molecule has 31 heavy (non-hydrogen) atoms. The molecule has 10 heteroatoms. The van der Waals surface area contributed by atoms with Crippen LogP contribution in [0, 0.1) is 0 Å². The fourth-order valence-electron chi connectivity index (χ4n) is 3.47. The maximum absolute atomic E-state index is 13.0. The number of likely N-dealkylation sites (tertiary alicyclic amines) is 1. The number of amides is 2. The summed E-state index contributed by atoms with van der Waals surface area (Å²) in [6, 6.07) is 10.8. The number of hydrogen-bond acceptors (Lipinski definition) is 5. The van der Waals surface area contributed by atoms with Crippen molar-refractivity contribution < 1.29 is 22.7 Å². The number of hydrogen-bond donors (Lipinski definition) is 2. The first-order valence-corrected chi connectivity index (χ1v) is 11.6. The molecular formula is C21H24ClN3O5S. The van der Waals surface area contributed by atoms with Crippen LogP contribution in [0.15, 0.2) is 47.4 Å². The van der Waals surface area contributed by atoms with Crippen LogP contribution in [0.5, 0.6) is 5.75 Å². The second-order valence-corrected chi connectivity index (χ2v) is 9.28. The molecule has 0 aromatic heterocycles. The summed E-state index contributed by atoms with van der Waals surface area (Å²) >= 11 is 6.16. The van der Waals surface area contributed by atoms with Crippen molar-refractivity contribution in [1.29, 1.82) is 0 Å². The van der Waals surface area contributed by atoms with Crippen LogP contribution in [0.2, 0.25) is 5.02 Å². The minimum absolute atomic E-state index is 0.00307. The van der Waals surface area contributed by atoms with E-state index >= 15 is 0 Å². The predicted octanol–water partition coefficient (Wildman–Crippen LogP) is 2.89. The molecule has 1 saturated heterocycles. The number of piperidine rings is 1. The third kappa shape index (κ3) is 5.48. The summed E-state index contributed by atoms with van der Waals surface area (Å²) in [5.41, 5.74) is 0.487.